The maximum Gasteiger partial charge on any atom is 0.00767 e. The van der Waals surface area contributed by atoms with Gasteiger partial charge in [0.05, 0.1) is 0 Å². The Bertz CT molecular complexity index is 141. The molecule has 0 fully saturated rings. The lowest BCUT2D eigenvalue weighted by Gasteiger charge is -2.06. The molecule has 2 nitrogen and oxygen atoms in total. The summed E-state index contributed by atoms with van der Waals surface area (Å²) in [5.41, 5.74) is 0. The van der Waals surface area contributed by atoms with E-state index in [2.05, 4.69) is 24.5 Å². The highest BCUT2D eigenvalue weighted by atomic mass is 14.9. The number of unbranched alkanes of at least 4 members (excludes halogenated alkanes) is 10. The van der Waals surface area contributed by atoms with E-state index in [1.54, 1.807) is 0 Å². The summed E-state index contributed by atoms with van der Waals surface area (Å²) in [5.74, 6) is 0. The summed E-state index contributed by atoms with van der Waals surface area (Å²) in [7, 11) is 0. The fourth-order valence-electron chi connectivity index (χ4n) is 2.49. The van der Waals surface area contributed by atoms with Gasteiger partial charge in [0, 0.05) is 13.1 Å². The molecule has 0 saturated heterocycles. The Hall–Kier alpha value is -0.0800. The minimum atomic E-state index is 1.13. The normalized spacial score (nSPS) is 11.1. The fourth-order valence-corrected chi connectivity index (χ4v) is 2.49. The molecule has 0 spiro atoms. The molecule has 0 aromatic rings. The number of rotatable bonds is 17. The zero-order valence-corrected chi connectivity index (χ0v) is 14.3. The van der Waals surface area contributed by atoms with Crippen molar-refractivity contribution in [3.8, 4) is 0 Å². The molecule has 0 heterocycles. The highest BCUT2D eigenvalue weighted by molar-refractivity contribution is 4.54. The number of nitrogens with one attached hydrogen (secondary N) is 2. The van der Waals surface area contributed by atoms with E-state index in [1.165, 1.54) is 90.1 Å². The molecule has 0 unspecified atom stereocenters. The molecule has 0 aliphatic rings. The summed E-state index contributed by atoms with van der Waals surface area (Å²) in [6.45, 7) is 9.21. The minimum absolute atomic E-state index is 1.13. The Kier molecular flexibility index (Phi) is 18.8. The van der Waals surface area contributed by atoms with Crippen LogP contribution >= 0.6 is 0 Å². The first-order chi connectivity index (χ1) is 9.91. The summed E-state index contributed by atoms with van der Waals surface area (Å²) < 4.78 is 0. The Morgan fingerprint density at radius 3 is 1.15 bits per heavy atom. The maximum absolute atomic E-state index is 3.53. The predicted octanol–water partition coefficient (Wildman–Crippen LogP) is 4.89. The van der Waals surface area contributed by atoms with Crippen LogP contribution in [0.15, 0.2) is 0 Å². The topological polar surface area (TPSA) is 24.1 Å². The molecule has 122 valence electrons. The van der Waals surface area contributed by atoms with Crippen molar-refractivity contribution in [2.75, 3.05) is 26.2 Å². The van der Waals surface area contributed by atoms with Gasteiger partial charge in [-0.05, 0) is 25.9 Å². The second-order valence-corrected chi connectivity index (χ2v) is 6.04. The molecule has 0 aromatic heterocycles. The van der Waals surface area contributed by atoms with Gasteiger partial charge in [-0.1, -0.05) is 78.1 Å². The van der Waals surface area contributed by atoms with E-state index in [0.29, 0.717) is 0 Å². The van der Waals surface area contributed by atoms with Gasteiger partial charge in [-0.2, -0.15) is 0 Å². The van der Waals surface area contributed by atoms with Crippen molar-refractivity contribution in [1.29, 1.82) is 0 Å². The highest BCUT2D eigenvalue weighted by Crippen LogP contribution is 2.04. The molecular weight excluding hydrogens is 244 g/mol. The lowest BCUT2D eigenvalue weighted by Crippen LogP contribution is -2.28. The van der Waals surface area contributed by atoms with Crippen LogP contribution in [0.3, 0.4) is 0 Å². The van der Waals surface area contributed by atoms with E-state index >= 15 is 0 Å². The number of hydrogen-bond acceptors (Lipinski definition) is 2. The summed E-state index contributed by atoms with van der Waals surface area (Å²) >= 11 is 0. The van der Waals surface area contributed by atoms with Crippen LogP contribution in [0, 0.1) is 0 Å². The van der Waals surface area contributed by atoms with Gasteiger partial charge in [-0.15, -0.1) is 0 Å². The Balaban J connectivity index is 2.89. The first kappa shape index (κ1) is 19.9. The zero-order valence-electron chi connectivity index (χ0n) is 14.3. The van der Waals surface area contributed by atoms with E-state index < -0.39 is 0 Å². The summed E-state index contributed by atoms with van der Waals surface area (Å²) in [6.07, 6.45) is 16.7. The van der Waals surface area contributed by atoms with Gasteiger partial charge >= 0.3 is 0 Å². The van der Waals surface area contributed by atoms with E-state index in [9.17, 15) is 0 Å². The molecule has 20 heavy (non-hydrogen) atoms. The number of hydrogen-bond donors (Lipinski definition) is 2. The average Bonchev–Trinajstić information content (AvgIpc) is 2.47. The zero-order chi connectivity index (χ0) is 14.7. The van der Waals surface area contributed by atoms with Crippen molar-refractivity contribution in [1.82, 2.24) is 10.6 Å². The SMILES string of the molecule is CCCCCCCCNCCNCCCCCCCC. The molecular formula is C18H40N2. The summed E-state index contributed by atoms with van der Waals surface area (Å²) in [5, 5.41) is 7.07. The van der Waals surface area contributed by atoms with Crippen LogP contribution in [-0.4, -0.2) is 26.2 Å². The lowest BCUT2D eigenvalue weighted by molar-refractivity contribution is 0.541. The van der Waals surface area contributed by atoms with Gasteiger partial charge in [0.15, 0.2) is 0 Å². The Morgan fingerprint density at radius 2 is 0.750 bits per heavy atom. The van der Waals surface area contributed by atoms with Crippen molar-refractivity contribution in [3.05, 3.63) is 0 Å². The molecule has 2 heteroatoms. The smallest absolute Gasteiger partial charge is 0.00767 e. The maximum atomic E-state index is 3.53. The van der Waals surface area contributed by atoms with Gasteiger partial charge in [0.1, 0.15) is 0 Å². The molecule has 0 aliphatic carbocycles. The van der Waals surface area contributed by atoms with Crippen molar-refractivity contribution in [2.24, 2.45) is 0 Å². The minimum Gasteiger partial charge on any atom is -0.315 e. The molecule has 0 rings (SSSR count). The first-order valence-corrected chi connectivity index (χ1v) is 9.33. The van der Waals surface area contributed by atoms with Crippen LogP contribution < -0.4 is 10.6 Å². The molecule has 0 amide bonds. The predicted molar refractivity (Wildman–Crippen MR) is 92.5 cm³/mol. The van der Waals surface area contributed by atoms with Crippen LogP contribution in [0.2, 0.25) is 0 Å². The molecule has 0 aromatic carbocycles. The van der Waals surface area contributed by atoms with Gasteiger partial charge in [0.2, 0.25) is 0 Å². The van der Waals surface area contributed by atoms with E-state index in [1.807, 2.05) is 0 Å². The van der Waals surface area contributed by atoms with Crippen LogP contribution in [0.5, 0.6) is 0 Å². The van der Waals surface area contributed by atoms with E-state index in [4.69, 9.17) is 0 Å². The Morgan fingerprint density at radius 1 is 0.400 bits per heavy atom. The van der Waals surface area contributed by atoms with Gasteiger partial charge in [0.25, 0.3) is 0 Å². The standard InChI is InChI=1S/C18H40N2/c1-3-5-7-9-11-13-15-19-17-18-20-16-14-12-10-8-6-4-2/h19-20H,3-18H2,1-2H3. The largest absolute Gasteiger partial charge is 0.315 e. The van der Waals surface area contributed by atoms with Crippen LogP contribution in [-0.2, 0) is 0 Å². The average molecular weight is 285 g/mol. The fraction of sp³-hybridized carbons (Fsp3) is 1.00. The van der Waals surface area contributed by atoms with Gasteiger partial charge in [-0.25, -0.2) is 0 Å². The van der Waals surface area contributed by atoms with E-state index in [0.717, 1.165) is 13.1 Å². The van der Waals surface area contributed by atoms with Gasteiger partial charge < -0.3 is 10.6 Å². The molecule has 0 bridgehead atoms. The van der Waals surface area contributed by atoms with Crippen molar-refractivity contribution >= 4 is 0 Å². The van der Waals surface area contributed by atoms with Crippen molar-refractivity contribution in [2.45, 2.75) is 90.9 Å². The monoisotopic (exact) mass is 284 g/mol. The van der Waals surface area contributed by atoms with Crippen molar-refractivity contribution < 1.29 is 0 Å². The lowest BCUT2D eigenvalue weighted by atomic mass is 10.1. The quantitative estimate of drug-likeness (QED) is 0.372. The second kappa shape index (κ2) is 18.9. The highest BCUT2D eigenvalue weighted by Gasteiger charge is 1.92. The molecule has 0 atom stereocenters. The second-order valence-electron chi connectivity index (χ2n) is 6.04. The van der Waals surface area contributed by atoms with Crippen LogP contribution in [0.4, 0.5) is 0 Å². The van der Waals surface area contributed by atoms with Gasteiger partial charge in [-0.3, -0.25) is 0 Å². The molecule has 2 N–H and O–H groups in total. The van der Waals surface area contributed by atoms with Crippen molar-refractivity contribution in [3.63, 3.8) is 0 Å². The first-order valence-electron chi connectivity index (χ1n) is 9.33. The van der Waals surface area contributed by atoms with E-state index in [-0.39, 0.29) is 0 Å². The Labute approximate surface area is 128 Å². The third-order valence-corrected chi connectivity index (χ3v) is 3.89. The summed E-state index contributed by atoms with van der Waals surface area (Å²) in [4.78, 5) is 0. The summed E-state index contributed by atoms with van der Waals surface area (Å²) in [6, 6.07) is 0. The van der Waals surface area contributed by atoms with Crippen LogP contribution in [0.25, 0.3) is 0 Å². The van der Waals surface area contributed by atoms with Crippen LogP contribution in [0.1, 0.15) is 90.9 Å². The molecule has 0 aliphatic heterocycles. The third-order valence-electron chi connectivity index (χ3n) is 3.89. The molecule has 0 radical (unpaired) electrons. The molecule has 0 saturated carbocycles. The third kappa shape index (κ3) is 17.9.